The van der Waals surface area contributed by atoms with Gasteiger partial charge in [0.2, 0.25) is 0 Å². The van der Waals surface area contributed by atoms with Gasteiger partial charge in [0.05, 0.1) is 0 Å². The van der Waals surface area contributed by atoms with Crippen LogP contribution >= 0.6 is 0 Å². The van der Waals surface area contributed by atoms with Crippen molar-refractivity contribution in [1.29, 1.82) is 0 Å². The van der Waals surface area contributed by atoms with E-state index in [1.54, 1.807) is 0 Å². The Morgan fingerprint density at radius 2 is 1.68 bits per heavy atom. The molecule has 2 fully saturated rings. The Kier molecular flexibility index (Phi) is 6.07. The van der Waals surface area contributed by atoms with E-state index in [0.717, 1.165) is 5.92 Å². The number of nitrogens with two attached hydrogens (primary N) is 1. The molecule has 2 aliphatic heterocycles. The van der Waals surface area contributed by atoms with Crippen molar-refractivity contribution in [3.8, 4) is 0 Å². The van der Waals surface area contributed by atoms with Gasteiger partial charge in [-0.1, -0.05) is 0 Å². The van der Waals surface area contributed by atoms with Crippen LogP contribution in [0.15, 0.2) is 0 Å². The van der Waals surface area contributed by atoms with Crippen LogP contribution in [0.25, 0.3) is 0 Å². The monoisotopic (exact) mass is 268 g/mol. The van der Waals surface area contributed by atoms with Gasteiger partial charge in [-0.05, 0) is 71.9 Å². The Balaban J connectivity index is 1.58. The summed E-state index contributed by atoms with van der Waals surface area (Å²) in [7, 11) is 4.52. The minimum atomic E-state index is 0.452. The number of hydrogen-bond donors (Lipinski definition) is 1. The van der Waals surface area contributed by atoms with Crippen LogP contribution in [0.5, 0.6) is 0 Å². The Hall–Kier alpha value is -0.160. The average molecular weight is 268 g/mol. The fourth-order valence-corrected chi connectivity index (χ4v) is 3.27. The van der Waals surface area contributed by atoms with Gasteiger partial charge in [-0.15, -0.1) is 0 Å². The molecule has 0 bridgehead atoms. The Morgan fingerprint density at radius 1 is 1.05 bits per heavy atom. The predicted octanol–water partition coefficient (Wildman–Crippen LogP) is 0.683. The van der Waals surface area contributed by atoms with Gasteiger partial charge < -0.3 is 20.4 Å². The van der Waals surface area contributed by atoms with E-state index in [0.29, 0.717) is 6.04 Å². The zero-order valence-corrected chi connectivity index (χ0v) is 12.9. The van der Waals surface area contributed by atoms with E-state index >= 15 is 0 Å². The van der Waals surface area contributed by atoms with Crippen LogP contribution in [0.1, 0.15) is 25.7 Å². The summed E-state index contributed by atoms with van der Waals surface area (Å²) < 4.78 is 0. The molecule has 2 saturated heterocycles. The van der Waals surface area contributed by atoms with E-state index in [-0.39, 0.29) is 0 Å². The van der Waals surface area contributed by atoms with Crippen molar-refractivity contribution in [3.05, 3.63) is 0 Å². The molecule has 112 valence electrons. The number of nitrogens with zero attached hydrogens (tertiary/aromatic N) is 3. The molecule has 0 amide bonds. The highest BCUT2D eigenvalue weighted by Gasteiger charge is 2.19. The van der Waals surface area contributed by atoms with E-state index in [1.165, 1.54) is 71.5 Å². The van der Waals surface area contributed by atoms with Gasteiger partial charge in [-0.2, -0.15) is 0 Å². The maximum atomic E-state index is 5.95. The highest BCUT2D eigenvalue weighted by Crippen LogP contribution is 2.16. The second-order valence-electron chi connectivity index (χ2n) is 6.69. The van der Waals surface area contributed by atoms with E-state index in [1.807, 2.05) is 0 Å². The zero-order chi connectivity index (χ0) is 13.7. The normalized spacial score (nSPS) is 25.3. The summed E-state index contributed by atoms with van der Waals surface area (Å²) in [6, 6.07) is 0.452. The fourth-order valence-electron chi connectivity index (χ4n) is 3.27. The second-order valence-corrected chi connectivity index (χ2v) is 6.69. The zero-order valence-electron chi connectivity index (χ0n) is 12.9. The number of likely N-dealkylation sites (tertiary alicyclic amines) is 2. The van der Waals surface area contributed by atoms with Crippen molar-refractivity contribution in [2.45, 2.75) is 31.7 Å². The van der Waals surface area contributed by atoms with Gasteiger partial charge in [0, 0.05) is 25.7 Å². The molecule has 0 spiro atoms. The van der Waals surface area contributed by atoms with Crippen LogP contribution in [-0.4, -0.2) is 80.7 Å². The molecular formula is C15H32N4. The molecule has 0 aromatic rings. The molecule has 2 N–H and O–H groups in total. The number of piperidine rings is 2. The minimum absolute atomic E-state index is 0.452. The average Bonchev–Trinajstić information content (AvgIpc) is 2.41. The van der Waals surface area contributed by atoms with Crippen LogP contribution in [0.2, 0.25) is 0 Å². The molecule has 4 heteroatoms. The molecule has 2 rings (SSSR count). The summed E-state index contributed by atoms with van der Waals surface area (Å²) in [5.41, 5.74) is 5.95. The van der Waals surface area contributed by atoms with Crippen LogP contribution < -0.4 is 5.73 Å². The van der Waals surface area contributed by atoms with Crippen molar-refractivity contribution in [3.63, 3.8) is 0 Å². The van der Waals surface area contributed by atoms with Crippen molar-refractivity contribution >= 4 is 0 Å². The summed E-state index contributed by atoms with van der Waals surface area (Å²) in [6.07, 6.45) is 5.11. The highest BCUT2D eigenvalue weighted by molar-refractivity contribution is 4.76. The minimum Gasteiger partial charge on any atom is -0.328 e. The first-order valence-corrected chi connectivity index (χ1v) is 7.98. The summed E-state index contributed by atoms with van der Waals surface area (Å²) in [6.45, 7) is 8.66. The standard InChI is InChI=1S/C15H32N4/c1-17-7-3-14(4-8-17)13-18(2)11-12-19-9-5-15(16)6-10-19/h14-15H,3-13,16H2,1-2H3. The van der Waals surface area contributed by atoms with Crippen LogP contribution in [0.4, 0.5) is 0 Å². The van der Waals surface area contributed by atoms with Gasteiger partial charge >= 0.3 is 0 Å². The molecule has 2 aliphatic rings. The number of likely N-dealkylation sites (N-methyl/N-ethyl adjacent to an activating group) is 1. The van der Waals surface area contributed by atoms with E-state index in [4.69, 9.17) is 5.73 Å². The molecule has 0 saturated carbocycles. The van der Waals surface area contributed by atoms with Crippen LogP contribution in [-0.2, 0) is 0 Å². The lowest BCUT2D eigenvalue weighted by Gasteiger charge is -2.34. The maximum absolute atomic E-state index is 5.95. The van der Waals surface area contributed by atoms with Crippen LogP contribution in [0, 0.1) is 5.92 Å². The van der Waals surface area contributed by atoms with Crippen molar-refractivity contribution in [2.75, 3.05) is 59.9 Å². The Morgan fingerprint density at radius 3 is 2.32 bits per heavy atom. The third-order valence-corrected chi connectivity index (χ3v) is 4.84. The van der Waals surface area contributed by atoms with Gasteiger partial charge in [0.15, 0.2) is 0 Å². The maximum Gasteiger partial charge on any atom is 0.0109 e. The largest absolute Gasteiger partial charge is 0.328 e. The third kappa shape index (κ3) is 5.38. The van der Waals surface area contributed by atoms with Crippen molar-refractivity contribution in [1.82, 2.24) is 14.7 Å². The summed E-state index contributed by atoms with van der Waals surface area (Å²) in [5.74, 6) is 0.913. The topological polar surface area (TPSA) is 35.7 Å². The molecule has 0 aliphatic carbocycles. The van der Waals surface area contributed by atoms with E-state index in [2.05, 4.69) is 28.8 Å². The molecule has 0 aromatic heterocycles. The van der Waals surface area contributed by atoms with Gasteiger partial charge in [0.1, 0.15) is 0 Å². The lowest BCUT2D eigenvalue weighted by Crippen LogP contribution is -2.43. The lowest BCUT2D eigenvalue weighted by molar-refractivity contribution is 0.152. The Labute approximate surface area is 118 Å². The first kappa shape index (κ1) is 15.2. The predicted molar refractivity (Wildman–Crippen MR) is 81.4 cm³/mol. The SMILES string of the molecule is CN1CCC(CN(C)CCN2CCC(N)CC2)CC1. The molecule has 0 radical (unpaired) electrons. The van der Waals surface area contributed by atoms with E-state index < -0.39 is 0 Å². The third-order valence-electron chi connectivity index (χ3n) is 4.84. The molecule has 0 unspecified atom stereocenters. The Bertz CT molecular complexity index is 243. The van der Waals surface area contributed by atoms with Crippen LogP contribution in [0.3, 0.4) is 0 Å². The fraction of sp³-hybridized carbons (Fsp3) is 1.00. The number of hydrogen-bond acceptors (Lipinski definition) is 4. The van der Waals surface area contributed by atoms with Gasteiger partial charge in [-0.25, -0.2) is 0 Å². The van der Waals surface area contributed by atoms with Crippen molar-refractivity contribution < 1.29 is 0 Å². The quantitative estimate of drug-likeness (QED) is 0.795. The summed E-state index contributed by atoms with van der Waals surface area (Å²) in [4.78, 5) is 7.56. The number of rotatable bonds is 5. The van der Waals surface area contributed by atoms with Gasteiger partial charge in [0.25, 0.3) is 0 Å². The summed E-state index contributed by atoms with van der Waals surface area (Å²) in [5, 5.41) is 0. The van der Waals surface area contributed by atoms with Crippen molar-refractivity contribution in [2.24, 2.45) is 11.7 Å². The molecular weight excluding hydrogens is 236 g/mol. The molecule has 2 heterocycles. The second kappa shape index (κ2) is 7.58. The molecule has 4 nitrogen and oxygen atoms in total. The molecule has 19 heavy (non-hydrogen) atoms. The van der Waals surface area contributed by atoms with Gasteiger partial charge in [-0.3, -0.25) is 0 Å². The first-order valence-electron chi connectivity index (χ1n) is 7.98. The van der Waals surface area contributed by atoms with E-state index in [9.17, 15) is 0 Å². The smallest absolute Gasteiger partial charge is 0.0109 e. The lowest BCUT2D eigenvalue weighted by atomic mass is 9.97. The highest BCUT2D eigenvalue weighted by atomic mass is 15.2. The first-order chi connectivity index (χ1) is 9.13. The molecule has 0 atom stereocenters. The summed E-state index contributed by atoms with van der Waals surface area (Å²) >= 11 is 0. The molecule has 0 aromatic carbocycles.